The van der Waals surface area contributed by atoms with Crippen molar-refractivity contribution < 1.29 is 9.53 Å². The predicted molar refractivity (Wildman–Crippen MR) is 110 cm³/mol. The number of anilines is 1. The quantitative estimate of drug-likeness (QED) is 0.669. The Morgan fingerprint density at radius 1 is 1.14 bits per heavy atom. The Morgan fingerprint density at radius 2 is 1.93 bits per heavy atom. The summed E-state index contributed by atoms with van der Waals surface area (Å²) in [5.41, 5.74) is 10.2. The molecule has 1 aliphatic rings. The van der Waals surface area contributed by atoms with Crippen LogP contribution in [0.2, 0.25) is 0 Å². The lowest BCUT2D eigenvalue weighted by molar-refractivity contribution is 0.0304. The van der Waals surface area contributed by atoms with Gasteiger partial charge in [-0.15, -0.1) is 0 Å². The van der Waals surface area contributed by atoms with Gasteiger partial charge in [0.25, 0.3) is 5.91 Å². The van der Waals surface area contributed by atoms with Crippen LogP contribution in [-0.2, 0) is 17.7 Å². The van der Waals surface area contributed by atoms with Crippen LogP contribution >= 0.6 is 0 Å². The van der Waals surface area contributed by atoms with Gasteiger partial charge in [0.2, 0.25) is 0 Å². The number of hydrogen-bond donors (Lipinski definition) is 1. The minimum atomic E-state index is 0.0219. The number of carbonyl (C=O) groups is 1. The van der Waals surface area contributed by atoms with Crippen LogP contribution < -0.4 is 5.73 Å². The maximum Gasteiger partial charge on any atom is 0.257 e. The molecule has 1 aliphatic heterocycles. The van der Waals surface area contributed by atoms with Gasteiger partial charge in [-0.3, -0.25) is 9.78 Å². The fraction of sp³-hybridized carbons (Fsp3) is 0.364. The highest BCUT2D eigenvalue weighted by molar-refractivity contribution is 6.05. The van der Waals surface area contributed by atoms with Crippen molar-refractivity contribution in [2.75, 3.05) is 32.0 Å². The van der Waals surface area contributed by atoms with Crippen LogP contribution in [-0.4, -0.2) is 46.7 Å². The summed E-state index contributed by atoms with van der Waals surface area (Å²) in [6, 6.07) is 12.4. The number of benzene rings is 1. The second-order valence-corrected chi connectivity index (χ2v) is 7.22. The van der Waals surface area contributed by atoms with Gasteiger partial charge in [0.15, 0.2) is 0 Å². The second-order valence-electron chi connectivity index (χ2n) is 7.22. The molecular formula is C22H26N4O2. The minimum Gasteiger partial charge on any atom is -0.397 e. The molecule has 28 heavy (non-hydrogen) atoms. The first-order valence-corrected chi connectivity index (χ1v) is 9.87. The van der Waals surface area contributed by atoms with Crippen LogP contribution in [0, 0.1) is 0 Å². The largest absolute Gasteiger partial charge is 0.397 e. The fourth-order valence-electron chi connectivity index (χ4n) is 3.72. The number of amides is 1. The first kappa shape index (κ1) is 18.5. The summed E-state index contributed by atoms with van der Waals surface area (Å²) in [7, 11) is 0. The molecule has 0 radical (unpaired) electrons. The number of nitrogens with zero attached hydrogens (tertiary/aromatic N) is 3. The monoisotopic (exact) mass is 378 g/mol. The number of unbranched alkanes of at least 4 members (excludes halogenated alkanes) is 1. The van der Waals surface area contributed by atoms with Gasteiger partial charge in [-0.25, -0.2) is 0 Å². The first-order chi connectivity index (χ1) is 13.7. The van der Waals surface area contributed by atoms with Crippen molar-refractivity contribution >= 4 is 22.6 Å². The maximum atomic E-state index is 13.0. The van der Waals surface area contributed by atoms with Crippen LogP contribution in [0.5, 0.6) is 0 Å². The summed E-state index contributed by atoms with van der Waals surface area (Å²) in [6.07, 6.45) is 6.74. The summed E-state index contributed by atoms with van der Waals surface area (Å²) >= 11 is 0. The molecule has 6 nitrogen and oxygen atoms in total. The summed E-state index contributed by atoms with van der Waals surface area (Å²) in [5, 5.41) is 0. The van der Waals surface area contributed by atoms with Crippen LogP contribution in [0.1, 0.15) is 28.8 Å². The van der Waals surface area contributed by atoms with E-state index in [2.05, 4.69) is 33.8 Å². The van der Waals surface area contributed by atoms with Crippen molar-refractivity contribution in [3.63, 3.8) is 0 Å². The molecule has 146 valence electrons. The van der Waals surface area contributed by atoms with E-state index in [1.165, 1.54) is 5.56 Å². The minimum absolute atomic E-state index is 0.0219. The number of fused-ring (bicyclic) bond motifs is 1. The zero-order chi connectivity index (χ0) is 19.3. The smallest absolute Gasteiger partial charge is 0.257 e. The Labute approximate surface area is 164 Å². The molecule has 4 rings (SSSR count). The van der Waals surface area contributed by atoms with Gasteiger partial charge >= 0.3 is 0 Å². The lowest BCUT2D eigenvalue weighted by atomic mass is 10.1. The van der Waals surface area contributed by atoms with E-state index in [1.807, 2.05) is 23.2 Å². The van der Waals surface area contributed by atoms with E-state index in [0.717, 1.165) is 36.8 Å². The van der Waals surface area contributed by atoms with Crippen molar-refractivity contribution in [2.24, 2.45) is 0 Å². The highest BCUT2D eigenvalue weighted by Crippen LogP contribution is 2.24. The number of rotatable bonds is 6. The highest BCUT2D eigenvalue weighted by atomic mass is 16.5. The number of morpholine rings is 1. The second kappa shape index (κ2) is 8.44. The van der Waals surface area contributed by atoms with E-state index in [4.69, 9.17) is 10.5 Å². The molecular weight excluding hydrogens is 352 g/mol. The third kappa shape index (κ3) is 4.02. The molecule has 0 unspecified atom stereocenters. The molecule has 6 heteroatoms. The number of hydrogen-bond acceptors (Lipinski definition) is 4. The standard InChI is InChI=1S/C22H26N4O2/c23-18-14-20-21(24-15-18)19(22(27)25-10-12-28-13-11-25)16-26(20)9-5-4-8-17-6-2-1-3-7-17/h1-3,6-7,14-16H,4-5,8-13,23H2. The van der Waals surface area contributed by atoms with Crippen LogP contribution in [0.4, 0.5) is 5.69 Å². The fourth-order valence-corrected chi connectivity index (χ4v) is 3.72. The number of aryl methyl sites for hydroxylation is 2. The molecule has 3 heterocycles. The van der Waals surface area contributed by atoms with E-state index >= 15 is 0 Å². The lowest BCUT2D eigenvalue weighted by Crippen LogP contribution is -2.40. The van der Waals surface area contributed by atoms with E-state index < -0.39 is 0 Å². The third-order valence-corrected chi connectivity index (χ3v) is 5.22. The molecule has 2 N–H and O–H groups in total. The Bertz CT molecular complexity index is 946. The van der Waals surface area contributed by atoms with Crippen molar-refractivity contribution in [3.05, 3.63) is 59.9 Å². The molecule has 0 spiro atoms. The van der Waals surface area contributed by atoms with Crippen LogP contribution in [0.25, 0.3) is 11.0 Å². The Hall–Kier alpha value is -2.86. The van der Waals surface area contributed by atoms with Crippen LogP contribution in [0.15, 0.2) is 48.8 Å². The van der Waals surface area contributed by atoms with Crippen molar-refractivity contribution in [3.8, 4) is 0 Å². The molecule has 0 bridgehead atoms. The number of carbonyl (C=O) groups excluding carboxylic acids is 1. The zero-order valence-electron chi connectivity index (χ0n) is 16.0. The highest BCUT2D eigenvalue weighted by Gasteiger charge is 2.23. The summed E-state index contributed by atoms with van der Waals surface area (Å²) in [5.74, 6) is 0.0219. The van der Waals surface area contributed by atoms with Gasteiger partial charge in [-0.2, -0.15) is 0 Å². The lowest BCUT2D eigenvalue weighted by Gasteiger charge is -2.26. The molecule has 1 aromatic carbocycles. The van der Waals surface area contributed by atoms with Gasteiger partial charge in [0, 0.05) is 25.8 Å². The van der Waals surface area contributed by atoms with E-state index in [0.29, 0.717) is 37.6 Å². The molecule has 0 atom stereocenters. The molecule has 0 saturated carbocycles. The molecule has 0 aliphatic carbocycles. The first-order valence-electron chi connectivity index (χ1n) is 9.87. The van der Waals surface area contributed by atoms with Crippen molar-refractivity contribution in [1.82, 2.24) is 14.5 Å². The Morgan fingerprint density at radius 3 is 2.71 bits per heavy atom. The van der Waals surface area contributed by atoms with E-state index in [1.54, 1.807) is 6.20 Å². The molecule has 1 fully saturated rings. The van der Waals surface area contributed by atoms with Crippen molar-refractivity contribution in [2.45, 2.75) is 25.8 Å². The number of pyridine rings is 1. The van der Waals surface area contributed by atoms with Gasteiger partial charge in [-0.1, -0.05) is 30.3 Å². The van der Waals surface area contributed by atoms with Gasteiger partial charge in [-0.05, 0) is 30.9 Å². The SMILES string of the molecule is Nc1cnc2c(C(=O)N3CCOCC3)cn(CCCCc3ccccc3)c2c1. The third-order valence-electron chi connectivity index (χ3n) is 5.22. The maximum absolute atomic E-state index is 13.0. The molecule has 2 aromatic heterocycles. The van der Waals surface area contributed by atoms with E-state index in [-0.39, 0.29) is 5.91 Å². The average Bonchev–Trinajstić information content (AvgIpc) is 3.10. The predicted octanol–water partition coefficient (Wildman–Crippen LogP) is 3.11. The average molecular weight is 378 g/mol. The number of nitrogen functional groups attached to an aromatic ring is 1. The summed E-state index contributed by atoms with van der Waals surface area (Å²) < 4.78 is 7.49. The summed E-state index contributed by atoms with van der Waals surface area (Å²) in [6.45, 7) is 3.26. The van der Waals surface area contributed by atoms with E-state index in [9.17, 15) is 4.79 Å². The molecule has 1 saturated heterocycles. The van der Waals surface area contributed by atoms with Crippen molar-refractivity contribution in [1.29, 1.82) is 0 Å². The Kier molecular flexibility index (Phi) is 5.58. The summed E-state index contributed by atoms with van der Waals surface area (Å²) in [4.78, 5) is 19.3. The van der Waals surface area contributed by atoms with Gasteiger partial charge in [0.1, 0.15) is 5.52 Å². The molecule has 3 aromatic rings. The molecule has 1 amide bonds. The van der Waals surface area contributed by atoms with Gasteiger partial charge in [0.05, 0.1) is 36.2 Å². The zero-order valence-corrected chi connectivity index (χ0v) is 16.0. The number of ether oxygens (including phenoxy) is 1. The number of aromatic nitrogens is 2. The van der Waals surface area contributed by atoms with Crippen LogP contribution in [0.3, 0.4) is 0 Å². The van der Waals surface area contributed by atoms with Gasteiger partial charge < -0.3 is 19.9 Å². The number of nitrogens with two attached hydrogens (primary N) is 1. The topological polar surface area (TPSA) is 73.4 Å². The normalized spacial score (nSPS) is 14.5. The Balaban J connectivity index is 1.50.